The minimum Gasteiger partial charge on any atom is -0.481 e. The maximum Gasteiger partial charge on any atom is 0.306 e. The quantitative estimate of drug-likeness (QED) is 0.515. The van der Waals surface area contributed by atoms with Crippen LogP contribution in [0.1, 0.15) is 71.1 Å². The predicted molar refractivity (Wildman–Crippen MR) is 72.0 cm³/mol. The molecule has 0 aromatic carbocycles. The Labute approximate surface area is 106 Å². The van der Waals surface area contributed by atoms with Gasteiger partial charge >= 0.3 is 5.97 Å². The van der Waals surface area contributed by atoms with E-state index in [9.17, 15) is 4.79 Å². The molecule has 0 saturated carbocycles. The number of aliphatic carboxylic acids is 1. The van der Waals surface area contributed by atoms with E-state index >= 15 is 0 Å². The van der Waals surface area contributed by atoms with E-state index in [1.807, 2.05) is 0 Å². The molecular formula is C14H29NO2. The molecule has 0 saturated heterocycles. The van der Waals surface area contributed by atoms with Crippen molar-refractivity contribution in [3.8, 4) is 0 Å². The van der Waals surface area contributed by atoms with E-state index in [-0.39, 0.29) is 5.92 Å². The van der Waals surface area contributed by atoms with Crippen molar-refractivity contribution in [1.82, 2.24) is 0 Å². The van der Waals surface area contributed by atoms with Crippen LogP contribution in [0, 0.1) is 5.92 Å². The number of hydrogen-bond acceptors (Lipinski definition) is 2. The second-order valence-corrected chi connectivity index (χ2v) is 4.88. The lowest BCUT2D eigenvalue weighted by Gasteiger charge is -2.11. The molecule has 0 aliphatic carbocycles. The van der Waals surface area contributed by atoms with Crippen LogP contribution in [0.3, 0.4) is 0 Å². The fourth-order valence-electron chi connectivity index (χ4n) is 2.10. The molecule has 0 spiro atoms. The summed E-state index contributed by atoms with van der Waals surface area (Å²) in [4.78, 5) is 11.0. The maximum atomic E-state index is 11.0. The Bertz CT molecular complexity index is 183. The molecule has 102 valence electrons. The zero-order valence-corrected chi connectivity index (χ0v) is 11.3. The number of carboxylic acid groups (broad SMARTS) is 1. The van der Waals surface area contributed by atoms with Gasteiger partial charge in [-0.05, 0) is 25.8 Å². The monoisotopic (exact) mass is 243 g/mol. The van der Waals surface area contributed by atoms with E-state index < -0.39 is 5.97 Å². The van der Waals surface area contributed by atoms with E-state index in [4.69, 9.17) is 10.8 Å². The molecule has 0 radical (unpaired) electrons. The largest absolute Gasteiger partial charge is 0.481 e. The summed E-state index contributed by atoms with van der Waals surface area (Å²) in [7, 11) is 0. The highest BCUT2D eigenvalue weighted by atomic mass is 16.4. The summed E-state index contributed by atoms with van der Waals surface area (Å²) < 4.78 is 0. The van der Waals surface area contributed by atoms with Crippen molar-refractivity contribution in [1.29, 1.82) is 0 Å². The van der Waals surface area contributed by atoms with E-state index in [1.54, 1.807) is 0 Å². The standard InChI is InChI=1S/C14H29NO2/c1-2-3-4-5-6-7-10-13(14(16)17)11-8-9-12-15/h13H,2-12,15H2,1H3,(H,16,17). The average molecular weight is 243 g/mol. The number of carboxylic acids is 1. The molecule has 0 aromatic heterocycles. The van der Waals surface area contributed by atoms with Crippen molar-refractivity contribution in [3.05, 3.63) is 0 Å². The van der Waals surface area contributed by atoms with Gasteiger partial charge in [0.15, 0.2) is 0 Å². The number of nitrogens with two attached hydrogens (primary N) is 1. The second kappa shape index (κ2) is 11.9. The Morgan fingerprint density at radius 3 is 2.06 bits per heavy atom. The summed E-state index contributed by atoms with van der Waals surface area (Å²) in [5, 5.41) is 9.08. The number of carbonyl (C=O) groups is 1. The summed E-state index contributed by atoms with van der Waals surface area (Å²) in [6.07, 6.45) is 10.9. The fourth-order valence-corrected chi connectivity index (χ4v) is 2.10. The molecular weight excluding hydrogens is 214 g/mol. The number of rotatable bonds is 12. The van der Waals surface area contributed by atoms with Crippen molar-refractivity contribution in [2.24, 2.45) is 11.7 Å². The van der Waals surface area contributed by atoms with E-state index in [0.717, 1.165) is 32.1 Å². The predicted octanol–water partition coefficient (Wildman–Crippen LogP) is 3.57. The molecule has 0 bridgehead atoms. The molecule has 0 rings (SSSR count). The topological polar surface area (TPSA) is 63.3 Å². The normalized spacial score (nSPS) is 12.6. The van der Waals surface area contributed by atoms with E-state index in [0.29, 0.717) is 6.54 Å². The van der Waals surface area contributed by atoms with Gasteiger partial charge in [-0.3, -0.25) is 4.79 Å². The molecule has 3 heteroatoms. The minimum absolute atomic E-state index is 0.146. The SMILES string of the molecule is CCCCCCCCC(CCCCN)C(=O)O. The van der Waals surface area contributed by atoms with Gasteiger partial charge in [-0.2, -0.15) is 0 Å². The van der Waals surface area contributed by atoms with Crippen LogP contribution in [0.15, 0.2) is 0 Å². The van der Waals surface area contributed by atoms with Crippen LogP contribution >= 0.6 is 0 Å². The van der Waals surface area contributed by atoms with Crippen LogP contribution in [0.25, 0.3) is 0 Å². The third-order valence-electron chi connectivity index (χ3n) is 3.26. The summed E-state index contributed by atoms with van der Waals surface area (Å²) in [6.45, 7) is 2.88. The van der Waals surface area contributed by atoms with Crippen LogP contribution in [-0.4, -0.2) is 17.6 Å². The molecule has 3 N–H and O–H groups in total. The van der Waals surface area contributed by atoms with E-state index in [2.05, 4.69) is 6.92 Å². The first-order valence-electron chi connectivity index (χ1n) is 7.15. The lowest BCUT2D eigenvalue weighted by molar-refractivity contribution is -0.142. The molecule has 0 amide bonds. The molecule has 3 nitrogen and oxygen atoms in total. The van der Waals surface area contributed by atoms with Crippen molar-refractivity contribution in [2.45, 2.75) is 71.1 Å². The molecule has 0 aliphatic heterocycles. The number of unbranched alkanes of at least 4 members (excludes halogenated alkanes) is 6. The van der Waals surface area contributed by atoms with Gasteiger partial charge in [0, 0.05) is 0 Å². The summed E-state index contributed by atoms with van der Waals surface area (Å²) in [5.74, 6) is -0.775. The third-order valence-corrected chi connectivity index (χ3v) is 3.26. The molecule has 0 aromatic rings. The second-order valence-electron chi connectivity index (χ2n) is 4.88. The zero-order valence-electron chi connectivity index (χ0n) is 11.3. The number of hydrogen-bond donors (Lipinski definition) is 2. The molecule has 0 aliphatic rings. The van der Waals surface area contributed by atoms with Crippen LogP contribution < -0.4 is 5.73 Å². The lowest BCUT2D eigenvalue weighted by Crippen LogP contribution is -2.14. The summed E-state index contributed by atoms with van der Waals surface area (Å²) in [5.41, 5.74) is 5.41. The smallest absolute Gasteiger partial charge is 0.306 e. The highest BCUT2D eigenvalue weighted by Gasteiger charge is 2.15. The first-order valence-corrected chi connectivity index (χ1v) is 7.15. The van der Waals surface area contributed by atoms with Gasteiger partial charge in [0.25, 0.3) is 0 Å². The summed E-state index contributed by atoms with van der Waals surface area (Å²) >= 11 is 0. The van der Waals surface area contributed by atoms with E-state index in [1.165, 1.54) is 32.1 Å². The minimum atomic E-state index is -0.629. The highest BCUT2D eigenvalue weighted by Crippen LogP contribution is 2.17. The Morgan fingerprint density at radius 1 is 1.00 bits per heavy atom. The van der Waals surface area contributed by atoms with Gasteiger partial charge in [-0.15, -0.1) is 0 Å². The van der Waals surface area contributed by atoms with Gasteiger partial charge in [-0.25, -0.2) is 0 Å². The first-order chi connectivity index (χ1) is 8.22. The summed E-state index contributed by atoms with van der Waals surface area (Å²) in [6, 6.07) is 0. The third kappa shape index (κ3) is 10.3. The van der Waals surface area contributed by atoms with Gasteiger partial charge in [0.05, 0.1) is 5.92 Å². The van der Waals surface area contributed by atoms with Crippen LogP contribution in [0.2, 0.25) is 0 Å². The van der Waals surface area contributed by atoms with Crippen molar-refractivity contribution < 1.29 is 9.90 Å². The maximum absolute atomic E-state index is 11.0. The fraction of sp³-hybridized carbons (Fsp3) is 0.929. The Hall–Kier alpha value is -0.570. The first kappa shape index (κ1) is 16.4. The van der Waals surface area contributed by atoms with Gasteiger partial charge in [0.1, 0.15) is 0 Å². The Kier molecular flexibility index (Phi) is 11.5. The lowest BCUT2D eigenvalue weighted by atomic mass is 9.95. The van der Waals surface area contributed by atoms with Crippen molar-refractivity contribution in [2.75, 3.05) is 6.54 Å². The van der Waals surface area contributed by atoms with Crippen LogP contribution in [0.4, 0.5) is 0 Å². The van der Waals surface area contributed by atoms with Gasteiger partial charge < -0.3 is 10.8 Å². The van der Waals surface area contributed by atoms with Crippen molar-refractivity contribution in [3.63, 3.8) is 0 Å². The highest BCUT2D eigenvalue weighted by molar-refractivity contribution is 5.69. The van der Waals surface area contributed by atoms with Gasteiger partial charge in [0.2, 0.25) is 0 Å². The molecule has 1 unspecified atom stereocenters. The Balaban J connectivity index is 3.52. The molecule has 0 heterocycles. The van der Waals surface area contributed by atoms with Crippen LogP contribution in [0.5, 0.6) is 0 Å². The molecule has 17 heavy (non-hydrogen) atoms. The average Bonchev–Trinajstić information content (AvgIpc) is 2.31. The van der Waals surface area contributed by atoms with Gasteiger partial charge in [-0.1, -0.05) is 51.9 Å². The van der Waals surface area contributed by atoms with Crippen LogP contribution in [-0.2, 0) is 4.79 Å². The molecule has 0 fully saturated rings. The Morgan fingerprint density at radius 2 is 1.53 bits per heavy atom. The zero-order chi connectivity index (χ0) is 12.9. The van der Waals surface area contributed by atoms with Crippen molar-refractivity contribution >= 4 is 5.97 Å². The molecule has 1 atom stereocenters.